The summed E-state index contributed by atoms with van der Waals surface area (Å²) in [5.41, 5.74) is 1.62. The van der Waals surface area contributed by atoms with Crippen LogP contribution in [0, 0.1) is 0 Å². The summed E-state index contributed by atoms with van der Waals surface area (Å²) in [4.78, 5) is 10.5. The van der Waals surface area contributed by atoms with E-state index in [2.05, 4.69) is 4.37 Å². The Labute approximate surface area is 67.6 Å². The second-order valence-corrected chi connectivity index (χ2v) is 2.84. The zero-order chi connectivity index (χ0) is 7.68. The van der Waals surface area contributed by atoms with Crippen molar-refractivity contribution in [3.05, 3.63) is 29.1 Å². The molecule has 0 aliphatic heterocycles. The highest BCUT2D eigenvalue weighted by Crippen LogP contribution is 2.17. The van der Waals surface area contributed by atoms with Crippen LogP contribution in [0.5, 0.6) is 0 Å². The van der Waals surface area contributed by atoms with Gasteiger partial charge in [0.25, 0.3) is 0 Å². The lowest BCUT2D eigenvalue weighted by molar-refractivity contribution is 0.112. The van der Waals surface area contributed by atoms with E-state index in [9.17, 15) is 4.79 Å². The van der Waals surface area contributed by atoms with E-state index in [-0.39, 0.29) is 0 Å². The Morgan fingerprint density at radius 2 is 2.36 bits per heavy atom. The van der Waals surface area contributed by atoms with E-state index < -0.39 is 0 Å². The molecule has 2 nitrogen and oxygen atoms in total. The Balaban J connectivity index is 2.88. The predicted molar refractivity (Wildman–Crippen MR) is 45.0 cm³/mol. The van der Waals surface area contributed by atoms with Gasteiger partial charge >= 0.3 is 0 Å². The lowest BCUT2D eigenvalue weighted by Gasteiger charge is -1.89. The highest BCUT2D eigenvalue weighted by atomic mass is 32.1. The largest absolute Gasteiger partial charge is 0.298 e. The molecule has 0 radical (unpaired) electrons. The quantitative estimate of drug-likeness (QED) is 0.602. The minimum Gasteiger partial charge on any atom is -0.298 e. The lowest BCUT2D eigenvalue weighted by Crippen LogP contribution is -1.78. The molecule has 0 unspecified atom stereocenters. The monoisotopic (exact) mass is 163 g/mol. The fraction of sp³-hybridized carbons (Fsp3) is 0. The van der Waals surface area contributed by atoms with Gasteiger partial charge in [0.05, 0.1) is 5.52 Å². The normalized spacial score (nSPS) is 10.2. The first-order chi connectivity index (χ1) is 5.42. The number of carbonyl (C=O) groups is 1. The fourth-order valence-corrected chi connectivity index (χ4v) is 1.70. The third-order valence-electron chi connectivity index (χ3n) is 1.57. The van der Waals surface area contributed by atoms with Crippen LogP contribution in [-0.2, 0) is 0 Å². The molecule has 0 bridgehead atoms. The van der Waals surface area contributed by atoms with Gasteiger partial charge in [0.1, 0.15) is 0 Å². The second-order valence-electron chi connectivity index (χ2n) is 2.21. The minimum atomic E-state index is 0.719. The molecule has 1 heterocycles. The summed E-state index contributed by atoms with van der Waals surface area (Å²) in [5, 5.41) is 2.84. The Morgan fingerprint density at radius 3 is 3.18 bits per heavy atom. The Hall–Kier alpha value is -1.22. The first-order valence-electron chi connectivity index (χ1n) is 3.20. The standard InChI is InChI=1S/C8H5NOS/c10-4-6-2-1-3-8-7(6)5-11-9-8/h1-5H. The topological polar surface area (TPSA) is 30.0 Å². The molecule has 0 aliphatic carbocycles. The SMILES string of the molecule is O=Cc1cccc2nscc12. The molecule has 1 aromatic carbocycles. The number of rotatable bonds is 1. The van der Waals surface area contributed by atoms with Gasteiger partial charge in [0, 0.05) is 16.3 Å². The Bertz CT molecular complexity index is 394. The van der Waals surface area contributed by atoms with Crippen LogP contribution < -0.4 is 0 Å². The van der Waals surface area contributed by atoms with Crippen molar-refractivity contribution in [3.63, 3.8) is 0 Å². The third kappa shape index (κ3) is 0.935. The van der Waals surface area contributed by atoms with E-state index >= 15 is 0 Å². The maximum atomic E-state index is 10.5. The maximum absolute atomic E-state index is 10.5. The molecule has 0 spiro atoms. The number of hydrogen-bond donors (Lipinski definition) is 0. The predicted octanol–water partition coefficient (Wildman–Crippen LogP) is 2.11. The molecule has 0 saturated heterocycles. The summed E-state index contributed by atoms with van der Waals surface area (Å²) >= 11 is 1.37. The van der Waals surface area contributed by atoms with Crippen molar-refractivity contribution in [2.24, 2.45) is 0 Å². The van der Waals surface area contributed by atoms with Crippen LogP contribution in [0.4, 0.5) is 0 Å². The van der Waals surface area contributed by atoms with Gasteiger partial charge in [-0.05, 0) is 17.6 Å². The molecular formula is C8H5NOS. The zero-order valence-electron chi connectivity index (χ0n) is 5.65. The van der Waals surface area contributed by atoms with Gasteiger partial charge in [-0.1, -0.05) is 12.1 Å². The number of fused-ring (bicyclic) bond motifs is 1. The van der Waals surface area contributed by atoms with E-state index in [4.69, 9.17) is 0 Å². The summed E-state index contributed by atoms with van der Waals surface area (Å²) in [6.07, 6.45) is 0.858. The molecular weight excluding hydrogens is 158 g/mol. The summed E-state index contributed by atoms with van der Waals surface area (Å²) < 4.78 is 4.11. The van der Waals surface area contributed by atoms with Crippen molar-refractivity contribution in [2.75, 3.05) is 0 Å². The van der Waals surface area contributed by atoms with Crippen LogP contribution >= 0.6 is 11.5 Å². The van der Waals surface area contributed by atoms with E-state index in [0.29, 0.717) is 0 Å². The Morgan fingerprint density at radius 1 is 1.45 bits per heavy atom. The van der Waals surface area contributed by atoms with Gasteiger partial charge in [-0.25, -0.2) is 0 Å². The van der Waals surface area contributed by atoms with Crippen molar-refractivity contribution in [1.82, 2.24) is 4.37 Å². The number of nitrogens with zero attached hydrogens (tertiary/aromatic N) is 1. The van der Waals surface area contributed by atoms with Gasteiger partial charge in [0.15, 0.2) is 6.29 Å². The summed E-state index contributed by atoms with van der Waals surface area (Å²) in [7, 11) is 0. The average molecular weight is 163 g/mol. The number of benzene rings is 1. The molecule has 1 aromatic heterocycles. The Kier molecular flexibility index (Phi) is 1.43. The number of hydrogen-bond acceptors (Lipinski definition) is 3. The first-order valence-corrected chi connectivity index (χ1v) is 4.04. The molecule has 11 heavy (non-hydrogen) atoms. The molecule has 3 heteroatoms. The van der Waals surface area contributed by atoms with Crippen molar-refractivity contribution in [1.29, 1.82) is 0 Å². The van der Waals surface area contributed by atoms with Gasteiger partial charge in [-0.15, -0.1) is 0 Å². The number of carbonyl (C=O) groups excluding carboxylic acids is 1. The average Bonchev–Trinajstić information content (AvgIpc) is 2.50. The van der Waals surface area contributed by atoms with E-state index in [0.717, 1.165) is 22.8 Å². The molecule has 0 N–H and O–H groups in total. The van der Waals surface area contributed by atoms with Gasteiger partial charge in [-0.3, -0.25) is 4.79 Å². The van der Waals surface area contributed by atoms with E-state index in [1.165, 1.54) is 11.5 Å². The zero-order valence-corrected chi connectivity index (χ0v) is 6.47. The van der Waals surface area contributed by atoms with Gasteiger partial charge < -0.3 is 0 Å². The van der Waals surface area contributed by atoms with Crippen molar-refractivity contribution in [2.45, 2.75) is 0 Å². The van der Waals surface area contributed by atoms with E-state index in [1.54, 1.807) is 6.07 Å². The van der Waals surface area contributed by atoms with Crippen LogP contribution in [0.1, 0.15) is 10.4 Å². The van der Waals surface area contributed by atoms with Crippen molar-refractivity contribution in [3.8, 4) is 0 Å². The fourth-order valence-electron chi connectivity index (χ4n) is 1.02. The highest BCUT2D eigenvalue weighted by Gasteiger charge is 1.99. The van der Waals surface area contributed by atoms with Crippen LogP contribution in [-0.4, -0.2) is 10.7 Å². The van der Waals surface area contributed by atoms with E-state index in [1.807, 2.05) is 17.5 Å². The molecule has 0 amide bonds. The molecule has 2 aromatic rings. The second kappa shape index (κ2) is 2.43. The van der Waals surface area contributed by atoms with Crippen LogP contribution in [0.15, 0.2) is 23.6 Å². The van der Waals surface area contributed by atoms with Crippen LogP contribution in [0.2, 0.25) is 0 Å². The number of aldehydes is 1. The van der Waals surface area contributed by atoms with Gasteiger partial charge in [-0.2, -0.15) is 4.37 Å². The maximum Gasteiger partial charge on any atom is 0.150 e. The molecule has 0 atom stereocenters. The van der Waals surface area contributed by atoms with Gasteiger partial charge in [0.2, 0.25) is 0 Å². The number of aromatic nitrogens is 1. The smallest absolute Gasteiger partial charge is 0.150 e. The molecule has 0 saturated carbocycles. The molecule has 2 rings (SSSR count). The van der Waals surface area contributed by atoms with Crippen molar-refractivity contribution < 1.29 is 4.79 Å². The molecule has 0 aliphatic rings. The summed E-state index contributed by atoms with van der Waals surface area (Å²) in [6.45, 7) is 0. The van der Waals surface area contributed by atoms with Crippen LogP contribution in [0.25, 0.3) is 10.9 Å². The summed E-state index contributed by atoms with van der Waals surface area (Å²) in [6, 6.07) is 5.54. The summed E-state index contributed by atoms with van der Waals surface area (Å²) in [5.74, 6) is 0. The van der Waals surface area contributed by atoms with Crippen LogP contribution in [0.3, 0.4) is 0 Å². The third-order valence-corrected chi connectivity index (χ3v) is 2.21. The molecule has 0 fully saturated rings. The van der Waals surface area contributed by atoms with Crippen molar-refractivity contribution >= 4 is 28.7 Å². The first kappa shape index (κ1) is 6.49. The lowest BCUT2D eigenvalue weighted by atomic mass is 10.1. The molecule has 54 valence electrons. The highest BCUT2D eigenvalue weighted by molar-refractivity contribution is 7.04. The minimum absolute atomic E-state index is 0.719.